The van der Waals surface area contributed by atoms with E-state index < -0.39 is 11.9 Å². The molecule has 0 aliphatic rings. The highest BCUT2D eigenvalue weighted by Gasteiger charge is 2.33. The molecule has 3 rings (SSSR count). The summed E-state index contributed by atoms with van der Waals surface area (Å²) < 4.78 is 37.8. The molecule has 144 valence electrons. The summed E-state index contributed by atoms with van der Waals surface area (Å²) >= 11 is 0.961. The van der Waals surface area contributed by atoms with E-state index in [-0.39, 0.29) is 30.5 Å². The van der Waals surface area contributed by atoms with Gasteiger partial charge < -0.3 is 10.6 Å². The molecule has 0 bridgehead atoms. The van der Waals surface area contributed by atoms with Crippen molar-refractivity contribution in [2.75, 3.05) is 7.05 Å². The van der Waals surface area contributed by atoms with Gasteiger partial charge in [-0.1, -0.05) is 18.2 Å². The molecular weight excluding hydrogens is 490 g/mol. The number of benzene rings is 1. The number of alkyl halides is 3. The molecule has 0 amide bonds. The van der Waals surface area contributed by atoms with E-state index in [2.05, 4.69) is 25.6 Å². The number of aromatic nitrogens is 2. The minimum Gasteiger partial charge on any atom is -0.352 e. The van der Waals surface area contributed by atoms with Gasteiger partial charge in [-0.25, -0.2) is 4.98 Å². The average molecular weight is 507 g/mol. The summed E-state index contributed by atoms with van der Waals surface area (Å²) in [6, 6.07) is 9.72. The summed E-state index contributed by atoms with van der Waals surface area (Å²) in [5.41, 5.74) is 1.08. The number of hydrogen-bond donors (Lipinski definition) is 2. The van der Waals surface area contributed by atoms with Crippen molar-refractivity contribution in [2.24, 2.45) is 4.99 Å². The first-order valence-corrected chi connectivity index (χ1v) is 8.64. The number of aliphatic imine (C=N–C) groups is 1. The van der Waals surface area contributed by atoms with Crippen LogP contribution in [-0.4, -0.2) is 23.0 Å². The third kappa shape index (κ3) is 5.51. The summed E-state index contributed by atoms with van der Waals surface area (Å²) in [6.45, 7) is 0.673. The lowest BCUT2D eigenvalue weighted by molar-refractivity contribution is -0.140. The van der Waals surface area contributed by atoms with Crippen molar-refractivity contribution in [1.82, 2.24) is 20.6 Å². The number of hydrogen-bond acceptors (Lipinski definition) is 4. The van der Waals surface area contributed by atoms with Gasteiger partial charge >= 0.3 is 6.18 Å². The zero-order valence-corrected chi connectivity index (χ0v) is 17.4. The molecule has 0 unspecified atom stereocenters. The Kier molecular flexibility index (Phi) is 7.36. The van der Waals surface area contributed by atoms with Crippen molar-refractivity contribution >= 4 is 52.2 Å². The number of fused-ring (bicyclic) bond motifs is 1. The van der Waals surface area contributed by atoms with Crippen LogP contribution in [0.2, 0.25) is 0 Å². The van der Waals surface area contributed by atoms with Crippen molar-refractivity contribution in [1.29, 1.82) is 0 Å². The minimum absolute atomic E-state index is 0. The Hall–Kier alpha value is -1.95. The van der Waals surface area contributed by atoms with Crippen LogP contribution in [0.25, 0.3) is 10.9 Å². The Labute approximate surface area is 175 Å². The largest absolute Gasteiger partial charge is 0.434 e. The van der Waals surface area contributed by atoms with E-state index in [1.54, 1.807) is 13.2 Å². The maximum atomic E-state index is 12.6. The SMILES string of the molecule is CN=C(NCc1nc(C(F)(F)F)cs1)NCc1ccnc2ccccc12.I. The second kappa shape index (κ2) is 9.31. The Morgan fingerprint density at radius 1 is 1.15 bits per heavy atom. The fraction of sp³-hybridized carbons (Fsp3) is 0.235. The molecule has 5 nitrogen and oxygen atoms in total. The van der Waals surface area contributed by atoms with Crippen LogP contribution < -0.4 is 10.6 Å². The third-order valence-corrected chi connectivity index (χ3v) is 4.51. The van der Waals surface area contributed by atoms with Crippen molar-refractivity contribution in [3.8, 4) is 0 Å². The van der Waals surface area contributed by atoms with Gasteiger partial charge in [-0.3, -0.25) is 9.98 Å². The molecule has 0 saturated heterocycles. The number of thiazole rings is 1. The smallest absolute Gasteiger partial charge is 0.352 e. The van der Waals surface area contributed by atoms with Crippen LogP contribution in [-0.2, 0) is 19.3 Å². The van der Waals surface area contributed by atoms with E-state index in [0.717, 1.165) is 33.2 Å². The van der Waals surface area contributed by atoms with Crippen molar-refractivity contribution in [2.45, 2.75) is 19.3 Å². The quantitative estimate of drug-likeness (QED) is 0.316. The lowest BCUT2D eigenvalue weighted by Crippen LogP contribution is -2.36. The molecular formula is C17H17F3IN5S. The minimum atomic E-state index is -4.42. The van der Waals surface area contributed by atoms with E-state index >= 15 is 0 Å². The first-order valence-electron chi connectivity index (χ1n) is 7.76. The van der Waals surface area contributed by atoms with E-state index in [1.807, 2.05) is 30.3 Å². The molecule has 3 aromatic rings. The second-order valence-electron chi connectivity index (χ2n) is 5.39. The Bertz CT molecular complexity index is 921. The van der Waals surface area contributed by atoms with Crippen LogP contribution in [0.4, 0.5) is 13.2 Å². The lowest BCUT2D eigenvalue weighted by atomic mass is 10.1. The zero-order valence-electron chi connectivity index (χ0n) is 14.2. The van der Waals surface area contributed by atoms with E-state index in [9.17, 15) is 13.2 Å². The fourth-order valence-corrected chi connectivity index (χ4v) is 3.13. The summed E-state index contributed by atoms with van der Waals surface area (Å²) in [5, 5.41) is 8.51. The second-order valence-corrected chi connectivity index (χ2v) is 6.33. The summed E-state index contributed by atoms with van der Waals surface area (Å²) in [4.78, 5) is 12.0. The Morgan fingerprint density at radius 2 is 1.89 bits per heavy atom. The highest BCUT2D eigenvalue weighted by molar-refractivity contribution is 14.0. The summed E-state index contributed by atoms with van der Waals surface area (Å²) in [5.74, 6) is 0.481. The highest BCUT2D eigenvalue weighted by Crippen LogP contribution is 2.29. The molecule has 0 aliphatic heterocycles. The monoisotopic (exact) mass is 507 g/mol. The van der Waals surface area contributed by atoms with Gasteiger partial charge in [-0.15, -0.1) is 35.3 Å². The summed E-state index contributed by atoms with van der Waals surface area (Å²) in [7, 11) is 1.60. The average Bonchev–Trinajstić information content (AvgIpc) is 3.11. The van der Waals surface area contributed by atoms with Crippen molar-refractivity contribution < 1.29 is 13.2 Å². The maximum absolute atomic E-state index is 12.6. The lowest BCUT2D eigenvalue weighted by Gasteiger charge is -2.12. The van der Waals surface area contributed by atoms with Gasteiger partial charge in [0.1, 0.15) is 5.01 Å². The topological polar surface area (TPSA) is 62.2 Å². The molecule has 1 aromatic carbocycles. The number of nitrogens with zero attached hydrogens (tertiary/aromatic N) is 3. The molecule has 0 fully saturated rings. The van der Waals surface area contributed by atoms with Gasteiger partial charge in [0.2, 0.25) is 0 Å². The first kappa shape index (κ1) is 21.4. The highest BCUT2D eigenvalue weighted by atomic mass is 127. The first-order chi connectivity index (χ1) is 12.5. The predicted octanol–water partition coefficient (Wildman–Crippen LogP) is 4.19. The molecule has 10 heteroatoms. The zero-order chi connectivity index (χ0) is 18.6. The molecule has 0 radical (unpaired) electrons. The normalized spacial score (nSPS) is 11.9. The molecule has 2 heterocycles. The van der Waals surface area contributed by atoms with Crippen LogP contribution in [0.3, 0.4) is 0 Å². The molecule has 0 atom stereocenters. The fourth-order valence-electron chi connectivity index (χ4n) is 2.39. The van der Waals surface area contributed by atoms with Crippen LogP contribution in [0, 0.1) is 0 Å². The third-order valence-electron chi connectivity index (χ3n) is 3.66. The summed E-state index contributed by atoms with van der Waals surface area (Å²) in [6.07, 6.45) is -2.68. The Balaban J connectivity index is 0.00000261. The van der Waals surface area contributed by atoms with Crippen LogP contribution in [0.1, 0.15) is 16.3 Å². The number of rotatable bonds is 4. The van der Waals surface area contributed by atoms with Crippen molar-refractivity contribution in [3.05, 3.63) is 58.2 Å². The van der Waals surface area contributed by atoms with Crippen LogP contribution in [0.15, 0.2) is 46.9 Å². The number of guanidine groups is 1. The van der Waals surface area contributed by atoms with E-state index in [1.165, 1.54) is 0 Å². The number of nitrogens with one attached hydrogen (secondary N) is 2. The molecule has 27 heavy (non-hydrogen) atoms. The van der Waals surface area contributed by atoms with Gasteiger partial charge in [0, 0.05) is 30.6 Å². The standard InChI is InChI=1S/C17H16F3N5S.HI/c1-21-16(24-9-15-25-14(10-26-15)17(18,19)20)23-8-11-6-7-22-13-5-3-2-4-12(11)13;/h2-7,10H,8-9H2,1H3,(H2,21,23,24);1H. The van der Waals surface area contributed by atoms with Gasteiger partial charge in [0.05, 0.1) is 12.1 Å². The van der Waals surface area contributed by atoms with Crippen LogP contribution in [0.5, 0.6) is 0 Å². The van der Waals surface area contributed by atoms with Gasteiger partial charge in [-0.2, -0.15) is 13.2 Å². The molecule has 2 aromatic heterocycles. The molecule has 0 spiro atoms. The van der Waals surface area contributed by atoms with E-state index in [4.69, 9.17) is 0 Å². The molecule has 2 N–H and O–H groups in total. The number of pyridine rings is 1. The van der Waals surface area contributed by atoms with Gasteiger partial charge in [0.15, 0.2) is 11.7 Å². The molecule has 0 saturated carbocycles. The maximum Gasteiger partial charge on any atom is 0.434 e. The molecule has 0 aliphatic carbocycles. The van der Waals surface area contributed by atoms with Gasteiger partial charge in [0.25, 0.3) is 0 Å². The number of para-hydroxylation sites is 1. The Morgan fingerprint density at radius 3 is 2.59 bits per heavy atom. The van der Waals surface area contributed by atoms with Crippen LogP contribution >= 0.6 is 35.3 Å². The van der Waals surface area contributed by atoms with Crippen molar-refractivity contribution in [3.63, 3.8) is 0 Å². The number of halogens is 4. The predicted molar refractivity (Wildman–Crippen MR) is 111 cm³/mol. The van der Waals surface area contributed by atoms with E-state index in [0.29, 0.717) is 17.5 Å². The van der Waals surface area contributed by atoms with Gasteiger partial charge in [-0.05, 0) is 17.7 Å².